The number of imide groups is 1. The molecule has 5 rings (SSSR count). The first kappa shape index (κ1) is 20.9. The number of hydrogen-bond donors (Lipinski definition) is 1. The molecule has 0 saturated carbocycles. The Kier molecular flexibility index (Phi) is 5.65. The highest BCUT2D eigenvalue weighted by Gasteiger charge is 2.40. The van der Waals surface area contributed by atoms with Crippen LogP contribution in [0.5, 0.6) is 0 Å². The number of halogens is 1. The molecule has 6 heteroatoms. The summed E-state index contributed by atoms with van der Waals surface area (Å²) in [4.78, 5) is 30.5. The Labute approximate surface area is 192 Å². The van der Waals surface area contributed by atoms with Gasteiger partial charge >= 0.3 is 0 Å². The number of amides is 2. The minimum absolute atomic E-state index is 0.179. The Balaban J connectivity index is 1.48. The van der Waals surface area contributed by atoms with Crippen LogP contribution in [0, 0.1) is 5.82 Å². The molecule has 33 heavy (non-hydrogen) atoms. The monoisotopic (exact) mass is 441 g/mol. The van der Waals surface area contributed by atoms with Crippen molar-refractivity contribution in [1.82, 2.24) is 0 Å². The number of hydrogen-bond acceptors (Lipinski definition) is 4. The lowest BCUT2D eigenvalue weighted by atomic mass is 10.0. The molecule has 166 valence electrons. The van der Waals surface area contributed by atoms with E-state index in [4.69, 9.17) is 0 Å². The zero-order valence-electron chi connectivity index (χ0n) is 18.1. The minimum Gasteiger partial charge on any atom is -0.372 e. The Morgan fingerprint density at radius 2 is 1.33 bits per heavy atom. The van der Waals surface area contributed by atoms with Gasteiger partial charge in [-0.25, -0.2) is 9.29 Å². The molecular formula is C27H24FN3O2. The van der Waals surface area contributed by atoms with Gasteiger partial charge in [0.15, 0.2) is 0 Å². The maximum absolute atomic E-state index is 13.5. The van der Waals surface area contributed by atoms with Gasteiger partial charge in [0, 0.05) is 24.5 Å². The molecule has 5 nitrogen and oxygen atoms in total. The van der Waals surface area contributed by atoms with Crippen molar-refractivity contribution < 1.29 is 14.0 Å². The molecule has 0 atom stereocenters. The number of carbonyl (C=O) groups excluding carboxylic acids is 2. The number of rotatable bonds is 5. The smallest absolute Gasteiger partial charge is 0.282 e. The van der Waals surface area contributed by atoms with Crippen molar-refractivity contribution in [3.63, 3.8) is 0 Å². The predicted molar refractivity (Wildman–Crippen MR) is 128 cm³/mol. The predicted octanol–water partition coefficient (Wildman–Crippen LogP) is 5.21. The highest BCUT2D eigenvalue weighted by Crippen LogP contribution is 2.34. The molecule has 2 heterocycles. The van der Waals surface area contributed by atoms with Crippen molar-refractivity contribution in [1.29, 1.82) is 0 Å². The van der Waals surface area contributed by atoms with Crippen LogP contribution < -0.4 is 15.1 Å². The van der Waals surface area contributed by atoms with Crippen LogP contribution in [-0.2, 0) is 9.59 Å². The molecule has 0 aliphatic carbocycles. The highest BCUT2D eigenvalue weighted by molar-refractivity contribution is 6.46. The number of anilines is 3. The van der Waals surface area contributed by atoms with E-state index in [9.17, 15) is 14.0 Å². The van der Waals surface area contributed by atoms with Crippen LogP contribution in [0.15, 0.2) is 84.6 Å². The zero-order valence-corrected chi connectivity index (χ0v) is 18.1. The molecule has 2 aliphatic heterocycles. The van der Waals surface area contributed by atoms with E-state index in [1.54, 1.807) is 24.3 Å². The molecule has 0 aromatic heterocycles. The molecule has 3 aromatic rings. The molecule has 2 aliphatic rings. The van der Waals surface area contributed by atoms with E-state index in [0.717, 1.165) is 18.8 Å². The molecule has 0 radical (unpaired) electrons. The fourth-order valence-electron chi connectivity index (χ4n) is 4.39. The second-order valence-electron chi connectivity index (χ2n) is 8.26. The summed E-state index contributed by atoms with van der Waals surface area (Å²) in [6.07, 6.45) is 3.60. The topological polar surface area (TPSA) is 52.7 Å². The summed E-state index contributed by atoms with van der Waals surface area (Å²) in [6.45, 7) is 2.04. The summed E-state index contributed by atoms with van der Waals surface area (Å²) in [5.41, 5.74) is 3.27. The summed E-state index contributed by atoms with van der Waals surface area (Å²) in [5, 5.41) is 3.05. The lowest BCUT2D eigenvalue weighted by Gasteiger charge is -2.29. The summed E-state index contributed by atoms with van der Waals surface area (Å²) in [5.74, 6) is -1.20. The lowest BCUT2D eigenvalue weighted by molar-refractivity contribution is -0.120. The van der Waals surface area contributed by atoms with Crippen LogP contribution in [0.25, 0.3) is 5.57 Å². The molecule has 0 bridgehead atoms. The lowest BCUT2D eigenvalue weighted by Crippen LogP contribution is -2.32. The highest BCUT2D eigenvalue weighted by atomic mass is 19.1. The van der Waals surface area contributed by atoms with Gasteiger partial charge in [-0.3, -0.25) is 9.59 Å². The Morgan fingerprint density at radius 3 is 2.00 bits per heavy atom. The number of nitrogens with one attached hydrogen (secondary N) is 1. The SMILES string of the molecule is O=C1C(Nc2ccc(F)cc2)=C(c2ccccc2)C(=O)N1c1ccc(N2CCCCC2)cc1. The van der Waals surface area contributed by atoms with E-state index in [0.29, 0.717) is 22.5 Å². The van der Waals surface area contributed by atoms with Gasteiger partial charge < -0.3 is 10.2 Å². The summed E-state index contributed by atoms with van der Waals surface area (Å²) in [7, 11) is 0. The van der Waals surface area contributed by atoms with Crippen LogP contribution in [-0.4, -0.2) is 24.9 Å². The standard InChI is InChI=1S/C27H24FN3O2/c28-20-9-11-21(12-10-20)29-25-24(19-7-3-1-4-8-19)26(32)31(27(25)33)23-15-13-22(14-16-23)30-17-5-2-6-18-30/h1,3-4,7-16,29H,2,5-6,17-18H2. The van der Waals surface area contributed by atoms with Crippen LogP contribution in [0.2, 0.25) is 0 Å². The van der Waals surface area contributed by atoms with Crippen molar-refractivity contribution in [2.24, 2.45) is 0 Å². The number of nitrogens with zero attached hydrogens (tertiary/aromatic N) is 2. The molecule has 0 spiro atoms. The molecular weight excluding hydrogens is 417 g/mol. The van der Waals surface area contributed by atoms with Crippen LogP contribution >= 0.6 is 0 Å². The zero-order chi connectivity index (χ0) is 22.8. The molecule has 1 fully saturated rings. The van der Waals surface area contributed by atoms with Crippen molar-refractivity contribution in [3.05, 3.63) is 95.9 Å². The van der Waals surface area contributed by atoms with Gasteiger partial charge in [0.05, 0.1) is 11.3 Å². The van der Waals surface area contributed by atoms with Gasteiger partial charge in [0.25, 0.3) is 11.8 Å². The van der Waals surface area contributed by atoms with Gasteiger partial charge in [-0.2, -0.15) is 0 Å². The van der Waals surface area contributed by atoms with Gasteiger partial charge in [0.1, 0.15) is 11.5 Å². The first-order valence-electron chi connectivity index (χ1n) is 11.2. The Morgan fingerprint density at radius 1 is 0.697 bits per heavy atom. The first-order chi connectivity index (χ1) is 16.1. The fraction of sp³-hybridized carbons (Fsp3) is 0.185. The number of piperidine rings is 1. The van der Waals surface area contributed by atoms with Gasteiger partial charge in [-0.1, -0.05) is 30.3 Å². The average molecular weight is 442 g/mol. The fourth-order valence-corrected chi connectivity index (χ4v) is 4.39. The second kappa shape index (κ2) is 8.90. The molecule has 0 unspecified atom stereocenters. The first-order valence-corrected chi connectivity index (χ1v) is 11.2. The van der Waals surface area contributed by atoms with E-state index in [1.165, 1.54) is 36.3 Å². The van der Waals surface area contributed by atoms with Gasteiger partial charge in [0.2, 0.25) is 0 Å². The van der Waals surface area contributed by atoms with E-state index in [1.807, 2.05) is 42.5 Å². The summed E-state index contributed by atoms with van der Waals surface area (Å²) < 4.78 is 13.4. The van der Waals surface area contributed by atoms with E-state index in [2.05, 4.69) is 10.2 Å². The van der Waals surface area contributed by atoms with Gasteiger partial charge in [-0.15, -0.1) is 0 Å². The molecule has 1 N–H and O–H groups in total. The third kappa shape index (κ3) is 4.12. The van der Waals surface area contributed by atoms with Crippen LogP contribution in [0.1, 0.15) is 24.8 Å². The van der Waals surface area contributed by atoms with Crippen molar-refractivity contribution in [3.8, 4) is 0 Å². The summed E-state index contributed by atoms with van der Waals surface area (Å²) >= 11 is 0. The third-order valence-electron chi connectivity index (χ3n) is 6.09. The van der Waals surface area contributed by atoms with E-state index < -0.39 is 5.91 Å². The van der Waals surface area contributed by atoms with Crippen LogP contribution in [0.4, 0.5) is 21.5 Å². The summed E-state index contributed by atoms with van der Waals surface area (Å²) in [6, 6.07) is 22.4. The Bertz CT molecular complexity index is 1200. The normalized spacial score (nSPS) is 16.5. The van der Waals surface area contributed by atoms with Gasteiger partial charge in [-0.05, 0) is 73.4 Å². The Hall–Kier alpha value is -3.93. The van der Waals surface area contributed by atoms with Crippen LogP contribution in [0.3, 0.4) is 0 Å². The van der Waals surface area contributed by atoms with Crippen molar-refractivity contribution >= 4 is 34.4 Å². The van der Waals surface area contributed by atoms with Crippen molar-refractivity contribution in [2.45, 2.75) is 19.3 Å². The largest absolute Gasteiger partial charge is 0.372 e. The molecule has 3 aromatic carbocycles. The third-order valence-corrected chi connectivity index (χ3v) is 6.09. The number of carbonyl (C=O) groups is 2. The quantitative estimate of drug-likeness (QED) is 0.552. The number of benzene rings is 3. The minimum atomic E-state index is -0.436. The maximum atomic E-state index is 13.5. The average Bonchev–Trinajstić information content (AvgIpc) is 3.10. The van der Waals surface area contributed by atoms with E-state index in [-0.39, 0.29) is 17.4 Å². The second-order valence-corrected chi connectivity index (χ2v) is 8.26. The maximum Gasteiger partial charge on any atom is 0.282 e. The molecule has 1 saturated heterocycles. The van der Waals surface area contributed by atoms with E-state index >= 15 is 0 Å². The molecule has 2 amide bonds. The van der Waals surface area contributed by atoms with Crippen molar-refractivity contribution in [2.75, 3.05) is 28.2 Å².